The first-order valence-corrected chi connectivity index (χ1v) is 2.39. The number of hydrogen-bond acceptors (Lipinski definition) is 3. The van der Waals surface area contributed by atoms with E-state index in [1.807, 2.05) is 5.41 Å². The van der Waals surface area contributed by atoms with Gasteiger partial charge in [0.1, 0.15) is 6.21 Å². The lowest BCUT2D eigenvalue weighted by Crippen LogP contribution is -1.91. The fourth-order valence-corrected chi connectivity index (χ4v) is 0.480. The maximum Gasteiger partial charge on any atom is 0.112 e. The summed E-state index contributed by atoms with van der Waals surface area (Å²) in [5.74, 6) is 0. The lowest BCUT2D eigenvalue weighted by molar-refractivity contribution is 1.13. The molecule has 0 fully saturated rings. The van der Waals surface area contributed by atoms with Crippen molar-refractivity contribution in [1.82, 2.24) is 4.83 Å². The average Bonchev–Trinajstić information content (AvgIpc) is 1.72. The Hall–Kier alpha value is -0.440. The van der Waals surface area contributed by atoms with Gasteiger partial charge in [0.25, 0.3) is 0 Å². The summed E-state index contributed by atoms with van der Waals surface area (Å²) in [6, 6.07) is 0. The zero-order valence-electron chi connectivity index (χ0n) is 3.01. The van der Waals surface area contributed by atoms with Crippen molar-refractivity contribution in [3.8, 4) is 0 Å². The van der Waals surface area contributed by atoms with Gasteiger partial charge in [-0.25, -0.2) is 4.83 Å². The van der Waals surface area contributed by atoms with Crippen molar-refractivity contribution in [2.75, 3.05) is 0 Å². The van der Waals surface area contributed by atoms with Gasteiger partial charge >= 0.3 is 0 Å². The SMILES string of the molecule is [C]1=NNSC=C1. The molecule has 0 aromatic rings. The average molecular weight is 99.1 g/mol. The Labute approximate surface area is 40.4 Å². The molecule has 31 valence electrons. The molecular weight excluding hydrogens is 96.1 g/mol. The Balaban J connectivity index is 2.46. The highest BCUT2D eigenvalue weighted by atomic mass is 32.2. The summed E-state index contributed by atoms with van der Waals surface area (Å²) in [5.41, 5.74) is 0. The first-order chi connectivity index (χ1) is 3.00. The third-order valence-electron chi connectivity index (χ3n) is 0.374. The molecule has 2 nitrogen and oxygen atoms in total. The van der Waals surface area contributed by atoms with Gasteiger partial charge in [-0.05, 0) is 23.4 Å². The highest BCUT2D eigenvalue weighted by Crippen LogP contribution is 1.95. The Morgan fingerprint density at radius 2 is 2.83 bits per heavy atom. The van der Waals surface area contributed by atoms with Crippen molar-refractivity contribution in [3.63, 3.8) is 0 Å². The molecule has 0 amide bonds. The molecule has 0 unspecified atom stereocenters. The Bertz CT molecular complexity index is 74.8. The number of nitrogens with zero attached hydrogens (tertiary/aromatic N) is 1. The number of hydrazone groups is 1. The van der Waals surface area contributed by atoms with Gasteiger partial charge in [-0.3, -0.25) is 0 Å². The highest BCUT2D eigenvalue weighted by Gasteiger charge is 1.76. The van der Waals surface area contributed by atoms with Gasteiger partial charge in [0.2, 0.25) is 0 Å². The summed E-state index contributed by atoms with van der Waals surface area (Å²) in [4.78, 5) is 2.63. The van der Waals surface area contributed by atoms with Crippen LogP contribution >= 0.6 is 11.9 Å². The molecule has 0 atom stereocenters. The van der Waals surface area contributed by atoms with Crippen molar-refractivity contribution in [2.45, 2.75) is 0 Å². The molecule has 0 spiro atoms. The minimum Gasteiger partial charge on any atom is -0.247 e. The first kappa shape index (κ1) is 3.74. The van der Waals surface area contributed by atoms with E-state index in [0.717, 1.165) is 0 Å². The zero-order chi connectivity index (χ0) is 4.24. The van der Waals surface area contributed by atoms with Gasteiger partial charge in [0.15, 0.2) is 0 Å². The summed E-state index contributed by atoms with van der Waals surface area (Å²) in [7, 11) is 0. The predicted octanol–water partition coefficient (Wildman–Crippen LogP) is 0.614. The number of nitrogens with one attached hydrogen (secondary N) is 1. The quantitative estimate of drug-likeness (QED) is 0.450. The van der Waals surface area contributed by atoms with Crippen LogP contribution in [0.3, 0.4) is 0 Å². The van der Waals surface area contributed by atoms with E-state index in [-0.39, 0.29) is 0 Å². The van der Waals surface area contributed by atoms with Crippen molar-refractivity contribution in [3.05, 3.63) is 11.5 Å². The molecule has 0 aliphatic carbocycles. The van der Waals surface area contributed by atoms with Crippen LogP contribution in [0.1, 0.15) is 0 Å². The lowest BCUT2D eigenvalue weighted by Gasteiger charge is -1.91. The minimum atomic E-state index is 1.44. The van der Waals surface area contributed by atoms with Gasteiger partial charge < -0.3 is 0 Å². The third kappa shape index (κ3) is 0.755. The van der Waals surface area contributed by atoms with Crippen LogP contribution < -0.4 is 4.83 Å². The fraction of sp³-hybridized carbons (Fsp3) is 0. The summed E-state index contributed by atoms with van der Waals surface area (Å²) in [6.07, 6.45) is 4.35. The molecule has 0 saturated heterocycles. The summed E-state index contributed by atoms with van der Waals surface area (Å²) < 4.78 is 0. The molecule has 0 saturated carbocycles. The van der Waals surface area contributed by atoms with Crippen LogP contribution in [0.4, 0.5) is 0 Å². The van der Waals surface area contributed by atoms with Crippen molar-refractivity contribution in [1.29, 1.82) is 0 Å². The number of rotatable bonds is 0. The molecule has 0 bridgehead atoms. The molecular formula is C3H3N2S. The monoisotopic (exact) mass is 99.0 g/mol. The smallest absolute Gasteiger partial charge is 0.112 e. The van der Waals surface area contributed by atoms with Gasteiger partial charge in [0, 0.05) is 0 Å². The molecule has 1 aliphatic rings. The van der Waals surface area contributed by atoms with E-state index in [4.69, 9.17) is 0 Å². The second kappa shape index (κ2) is 1.87. The molecule has 1 aliphatic heterocycles. The third-order valence-corrected chi connectivity index (χ3v) is 0.842. The molecule has 1 N–H and O–H groups in total. The molecule has 6 heavy (non-hydrogen) atoms. The summed E-state index contributed by atoms with van der Waals surface area (Å²) in [6.45, 7) is 0. The molecule has 1 rings (SSSR count). The second-order valence-electron chi connectivity index (χ2n) is 0.753. The van der Waals surface area contributed by atoms with Crippen LogP contribution in [0.15, 0.2) is 16.6 Å². The molecule has 1 heterocycles. The molecule has 1 radical (unpaired) electrons. The first-order valence-electron chi connectivity index (χ1n) is 1.51. The molecule has 0 aromatic carbocycles. The van der Waals surface area contributed by atoms with Gasteiger partial charge in [0.05, 0.1) is 0 Å². The number of allylic oxidation sites excluding steroid dienone is 1. The van der Waals surface area contributed by atoms with Crippen LogP contribution in [0.25, 0.3) is 0 Å². The van der Waals surface area contributed by atoms with Crippen LogP contribution in [-0.2, 0) is 0 Å². The summed E-state index contributed by atoms with van der Waals surface area (Å²) in [5, 5.41) is 5.42. The van der Waals surface area contributed by atoms with Crippen molar-refractivity contribution in [2.24, 2.45) is 5.10 Å². The molecule has 3 heteroatoms. The zero-order valence-corrected chi connectivity index (χ0v) is 3.83. The van der Waals surface area contributed by atoms with E-state index in [1.54, 1.807) is 6.08 Å². The van der Waals surface area contributed by atoms with Gasteiger partial charge in [-0.2, -0.15) is 5.10 Å². The van der Waals surface area contributed by atoms with Crippen molar-refractivity contribution < 1.29 is 0 Å². The summed E-state index contributed by atoms with van der Waals surface area (Å²) >= 11 is 1.44. The van der Waals surface area contributed by atoms with E-state index in [1.165, 1.54) is 11.9 Å². The van der Waals surface area contributed by atoms with E-state index in [0.29, 0.717) is 0 Å². The second-order valence-corrected chi connectivity index (χ2v) is 1.44. The van der Waals surface area contributed by atoms with Gasteiger partial charge in [-0.1, -0.05) is 0 Å². The largest absolute Gasteiger partial charge is 0.247 e. The Morgan fingerprint density at radius 3 is 3.00 bits per heavy atom. The van der Waals surface area contributed by atoms with E-state index < -0.39 is 0 Å². The number of hydrogen-bond donors (Lipinski definition) is 1. The van der Waals surface area contributed by atoms with Crippen molar-refractivity contribution >= 4 is 18.2 Å². The van der Waals surface area contributed by atoms with E-state index in [2.05, 4.69) is 16.1 Å². The maximum atomic E-state index is 3.55. The minimum absolute atomic E-state index is 1.44. The normalized spacial score (nSPS) is 17.3. The van der Waals surface area contributed by atoms with Crippen LogP contribution in [0.2, 0.25) is 0 Å². The van der Waals surface area contributed by atoms with Crippen LogP contribution in [0.5, 0.6) is 0 Å². The Kier molecular flexibility index (Phi) is 1.17. The van der Waals surface area contributed by atoms with E-state index in [9.17, 15) is 0 Å². The standard InChI is InChI=1S/C3H3N2S/c1-2-4-5-6-3-1/h1,3,5H. The van der Waals surface area contributed by atoms with Gasteiger partial charge in [-0.15, -0.1) is 0 Å². The molecule has 0 aromatic heterocycles. The topological polar surface area (TPSA) is 24.4 Å². The van der Waals surface area contributed by atoms with Crippen LogP contribution in [-0.4, -0.2) is 6.21 Å². The van der Waals surface area contributed by atoms with E-state index >= 15 is 0 Å². The fourth-order valence-electron chi connectivity index (χ4n) is 0.185. The predicted molar refractivity (Wildman–Crippen MR) is 27.3 cm³/mol. The highest BCUT2D eigenvalue weighted by molar-refractivity contribution is 8.00. The Morgan fingerprint density at radius 1 is 1.83 bits per heavy atom. The maximum absolute atomic E-state index is 3.55. The van der Waals surface area contributed by atoms with Crippen LogP contribution in [0, 0.1) is 0 Å². The lowest BCUT2D eigenvalue weighted by atomic mass is 10.7.